The van der Waals surface area contributed by atoms with Crippen molar-refractivity contribution < 1.29 is 9.90 Å². The number of aliphatic carboxylic acids is 1. The van der Waals surface area contributed by atoms with Gasteiger partial charge in [-0.3, -0.25) is 9.69 Å². The standard InChI is InChI=1S/C10H20N2O2/c1-10(2)5-3-4-6-12(10)7-8(11)9(13)14/h8H,3-7,11H2,1-2H3,(H,13,14). The fourth-order valence-corrected chi connectivity index (χ4v) is 1.97. The molecule has 0 bridgehead atoms. The van der Waals surface area contributed by atoms with E-state index in [2.05, 4.69) is 18.7 Å². The van der Waals surface area contributed by atoms with Crippen molar-refractivity contribution in [3.8, 4) is 0 Å². The second-order valence-corrected chi connectivity index (χ2v) is 4.66. The second kappa shape index (κ2) is 4.28. The number of carbonyl (C=O) groups is 1. The molecule has 3 N–H and O–H groups in total. The first-order chi connectivity index (χ1) is 6.43. The van der Waals surface area contributed by atoms with Crippen LogP contribution in [0.3, 0.4) is 0 Å². The van der Waals surface area contributed by atoms with Gasteiger partial charge in [0, 0.05) is 12.1 Å². The fourth-order valence-electron chi connectivity index (χ4n) is 1.97. The first-order valence-corrected chi connectivity index (χ1v) is 5.17. The van der Waals surface area contributed by atoms with Crippen molar-refractivity contribution in [2.24, 2.45) is 5.73 Å². The summed E-state index contributed by atoms with van der Waals surface area (Å²) in [6, 6.07) is -0.757. The molecule has 0 spiro atoms. The van der Waals surface area contributed by atoms with E-state index in [1.807, 2.05) is 0 Å². The Labute approximate surface area is 85.1 Å². The molecule has 1 aliphatic rings. The fraction of sp³-hybridized carbons (Fsp3) is 0.900. The molecule has 0 radical (unpaired) electrons. The summed E-state index contributed by atoms with van der Waals surface area (Å²) in [5.41, 5.74) is 5.63. The van der Waals surface area contributed by atoms with Crippen molar-refractivity contribution in [2.75, 3.05) is 13.1 Å². The third-order valence-electron chi connectivity index (χ3n) is 3.06. The van der Waals surface area contributed by atoms with Crippen LogP contribution in [0, 0.1) is 0 Å². The van der Waals surface area contributed by atoms with E-state index in [-0.39, 0.29) is 5.54 Å². The minimum absolute atomic E-state index is 0.102. The van der Waals surface area contributed by atoms with Crippen LogP contribution in [0.15, 0.2) is 0 Å². The highest BCUT2D eigenvalue weighted by molar-refractivity contribution is 5.73. The summed E-state index contributed by atoms with van der Waals surface area (Å²) in [5, 5.41) is 8.73. The zero-order chi connectivity index (χ0) is 10.8. The largest absolute Gasteiger partial charge is 0.480 e. The van der Waals surface area contributed by atoms with Gasteiger partial charge in [-0.1, -0.05) is 6.42 Å². The normalized spacial score (nSPS) is 24.5. The molecule has 0 saturated carbocycles. The molecule has 14 heavy (non-hydrogen) atoms. The lowest BCUT2D eigenvalue weighted by molar-refractivity contribution is -0.139. The Bertz CT molecular complexity index is 216. The summed E-state index contributed by atoms with van der Waals surface area (Å²) in [7, 11) is 0. The van der Waals surface area contributed by atoms with E-state index in [1.165, 1.54) is 6.42 Å². The summed E-state index contributed by atoms with van der Waals surface area (Å²) in [4.78, 5) is 12.8. The summed E-state index contributed by atoms with van der Waals surface area (Å²) in [5.74, 6) is -0.911. The average molecular weight is 200 g/mol. The summed E-state index contributed by atoms with van der Waals surface area (Å²) < 4.78 is 0. The zero-order valence-electron chi connectivity index (χ0n) is 8.99. The van der Waals surface area contributed by atoms with Crippen LogP contribution in [0.5, 0.6) is 0 Å². The van der Waals surface area contributed by atoms with Crippen molar-refractivity contribution in [3.05, 3.63) is 0 Å². The van der Waals surface area contributed by atoms with Gasteiger partial charge in [0.1, 0.15) is 6.04 Å². The monoisotopic (exact) mass is 200 g/mol. The third-order valence-corrected chi connectivity index (χ3v) is 3.06. The number of nitrogens with zero attached hydrogens (tertiary/aromatic N) is 1. The maximum atomic E-state index is 10.6. The summed E-state index contributed by atoms with van der Waals surface area (Å²) >= 11 is 0. The molecule has 4 nitrogen and oxygen atoms in total. The molecule has 1 saturated heterocycles. The van der Waals surface area contributed by atoms with Crippen molar-refractivity contribution in [1.29, 1.82) is 0 Å². The molecule has 1 rings (SSSR count). The lowest BCUT2D eigenvalue weighted by atomic mass is 9.90. The first-order valence-electron chi connectivity index (χ1n) is 5.17. The van der Waals surface area contributed by atoms with Crippen molar-refractivity contribution in [1.82, 2.24) is 4.90 Å². The van der Waals surface area contributed by atoms with Crippen molar-refractivity contribution in [3.63, 3.8) is 0 Å². The summed E-state index contributed by atoms with van der Waals surface area (Å²) in [6.07, 6.45) is 3.50. The van der Waals surface area contributed by atoms with E-state index in [0.717, 1.165) is 19.4 Å². The number of likely N-dealkylation sites (tertiary alicyclic amines) is 1. The molecule has 1 fully saturated rings. The number of hydrogen-bond acceptors (Lipinski definition) is 3. The number of nitrogens with two attached hydrogens (primary N) is 1. The highest BCUT2D eigenvalue weighted by Crippen LogP contribution is 2.26. The molecule has 0 aromatic heterocycles. The Morgan fingerprint density at radius 1 is 1.57 bits per heavy atom. The van der Waals surface area contributed by atoms with Gasteiger partial charge in [-0.25, -0.2) is 0 Å². The number of carboxylic acids is 1. The van der Waals surface area contributed by atoms with Gasteiger partial charge < -0.3 is 10.8 Å². The molecule has 4 heteroatoms. The molecule has 1 heterocycles. The van der Waals surface area contributed by atoms with E-state index >= 15 is 0 Å². The highest BCUT2D eigenvalue weighted by Gasteiger charge is 2.31. The van der Waals surface area contributed by atoms with Gasteiger partial charge in [0.25, 0.3) is 0 Å². The number of rotatable bonds is 3. The molecule has 0 aliphatic carbocycles. The Hall–Kier alpha value is -0.610. The zero-order valence-corrected chi connectivity index (χ0v) is 8.99. The first kappa shape index (κ1) is 11.5. The molecule has 0 aromatic carbocycles. The van der Waals surface area contributed by atoms with E-state index in [4.69, 9.17) is 10.8 Å². The Morgan fingerprint density at radius 2 is 2.21 bits per heavy atom. The predicted molar refractivity (Wildman–Crippen MR) is 55.1 cm³/mol. The van der Waals surface area contributed by atoms with Gasteiger partial charge in [-0.15, -0.1) is 0 Å². The lowest BCUT2D eigenvalue weighted by Gasteiger charge is -2.43. The topological polar surface area (TPSA) is 66.6 Å². The third kappa shape index (κ3) is 2.69. The molecule has 1 atom stereocenters. The highest BCUT2D eigenvalue weighted by atomic mass is 16.4. The van der Waals surface area contributed by atoms with Crippen molar-refractivity contribution >= 4 is 5.97 Å². The number of piperidine rings is 1. The van der Waals surface area contributed by atoms with Crippen LogP contribution >= 0.6 is 0 Å². The minimum Gasteiger partial charge on any atom is -0.480 e. The van der Waals surface area contributed by atoms with E-state index < -0.39 is 12.0 Å². The summed E-state index contributed by atoms with van der Waals surface area (Å²) in [6.45, 7) is 5.73. The SMILES string of the molecule is CC1(C)CCCCN1CC(N)C(=O)O. The smallest absolute Gasteiger partial charge is 0.321 e. The quantitative estimate of drug-likeness (QED) is 0.702. The van der Waals surface area contributed by atoms with Gasteiger partial charge in [0.15, 0.2) is 0 Å². The number of carboxylic acid groups (broad SMARTS) is 1. The van der Waals surface area contributed by atoms with Crippen LogP contribution < -0.4 is 5.73 Å². The van der Waals surface area contributed by atoms with E-state index in [1.54, 1.807) is 0 Å². The molecular weight excluding hydrogens is 180 g/mol. The van der Waals surface area contributed by atoms with Crippen LogP contribution in [0.25, 0.3) is 0 Å². The van der Waals surface area contributed by atoms with Crippen LogP contribution in [0.4, 0.5) is 0 Å². The average Bonchev–Trinajstić information content (AvgIpc) is 2.08. The maximum absolute atomic E-state index is 10.6. The Morgan fingerprint density at radius 3 is 2.71 bits per heavy atom. The lowest BCUT2D eigenvalue weighted by Crippen LogP contribution is -2.53. The maximum Gasteiger partial charge on any atom is 0.321 e. The van der Waals surface area contributed by atoms with E-state index in [0.29, 0.717) is 6.54 Å². The Balaban J connectivity index is 2.53. The van der Waals surface area contributed by atoms with Gasteiger partial charge in [0.2, 0.25) is 0 Å². The molecular formula is C10H20N2O2. The van der Waals surface area contributed by atoms with Crippen LogP contribution in [-0.2, 0) is 4.79 Å². The van der Waals surface area contributed by atoms with Gasteiger partial charge >= 0.3 is 5.97 Å². The second-order valence-electron chi connectivity index (χ2n) is 4.66. The van der Waals surface area contributed by atoms with Crippen molar-refractivity contribution in [2.45, 2.75) is 44.7 Å². The van der Waals surface area contributed by atoms with Gasteiger partial charge in [-0.2, -0.15) is 0 Å². The predicted octanol–water partition coefficient (Wildman–Crippen LogP) is 0.663. The van der Waals surface area contributed by atoms with Gasteiger partial charge in [-0.05, 0) is 33.2 Å². The van der Waals surface area contributed by atoms with Gasteiger partial charge in [0.05, 0.1) is 0 Å². The molecule has 82 valence electrons. The molecule has 0 aromatic rings. The van der Waals surface area contributed by atoms with Crippen LogP contribution in [-0.4, -0.2) is 40.6 Å². The van der Waals surface area contributed by atoms with Crippen LogP contribution in [0.1, 0.15) is 33.1 Å². The Kier molecular flexibility index (Phi) is 3.50. The molecule has 1 aliphatic heterocycles. The number of hydrogen-bond donors (Lipinski definition) is 2. The van der Waals surface area contributed by atoms with E-state index in [9.17, 15) is 4.79 Å². The van der Waals surface area contributed by atoms with Crippen LogP contribution in [0.2, 0.25) is 0 Å². The molecule has 1 unspecified atom stereocenters. The minimum atomic E-state index is -0.911. The molecule has 0 amide bonds.